The fraction of sp³-hybridized carbons (Fsp3) is 0.143. The quantitative estimate of drug-likeness (QED) is 0.151. The molecule has 11 aromatic carbocycles. The lowest BCUT2D eigenvalue weighted by atomic mass is 9.70. The van der Waals surface area contributed by atoms with E-state index in [-0.39, 0.29) is 10.8 Å². The molecule has 0 N–H and O–H groups in total. The van der Waals surface area contributed by atoms with Crippen molar-refractivity contribution in [1.29, 1.82) is 0 Å². The largest absolute Gasteiger partial charge is 0.454 e. The summed E-state index contributed by atoms with van der Waals surface area (Å²) in [5, 5.41) is 2.21. The Labute approximate surface area is 471 Å². The average Bonchev–Trinajstić information content (AvgIpc) is 1.96. The molecule has 0 amide bonds. The average molecular weight is 1030 g/mol. The molecule has 2 aliphatic rings. The number of para-hydroxylation sites is 1. The van der Waals surface area contributed by atoms with E-state index in [2.05, 4.69) is 308 Å². The van der Waals surface area contributed by atoms with Gasteiger partial charge in [-0.15, -0.1) is 0 Å². The van der Waals surface area contributed by atoms with Crippen LogP contribution in [0, 0.1) is 13.8 Å². The molecule has 0 saturated carbocycles. The van der Waals surface area contributed by atoms with Crippen LogP contribution in [0.25, 0.3) is 66.4 Å². The Morgan fingerprint density at radius 1 is 0.350 bits per heavy atom. The zero-order valence-electron chi connectivity index (χ0n) is 46.9. The lowest BCUT2D eigenvalue weighted by Crippen LogP contribution is -2.26. The molecular weight excluding hydrogens is 969 g/mol. The predicted octanol–water partition coefficient (Wildman–Crippen LogP) is 21.4. The molecule has 80 heavy (non-hydrogen) atoms. The van der Waals surface area contributed by atoms with Gasteiger partial charge in [0.1, 0.15) is 5.58 Å². The molecule has 1 spiro atoms. The van der Waals surface area contributed by atoms with Crippen molar-refractivity contribution in [3.8, 4) is 44.5 Å². The minimum absolute atomic E-state index is 0.000773. The molecule has 0 aliphatic heterocycles. The van der Waals surface area contributed by atoms with Crippen molar-refractivity contribution in [2.45, 2.75) is 71.6 Å². The molecule has 1 aromatic heterocycles. The van der Waals surface area contributed by atoms with Gasteiger partial charge in [-0.3, -0.25) is 0 Å². The summed E-state index contributed by atoms with van der Waals surface area (Å²) in [6, 6.07) is 90.7. The Hall–Kier alpha value is -9.18. The van der Waals surface area contributed by atoms with Gasteiger partial charge < -0.3 is 14.2 Å². The maximum atomic E-state index is 7.37. The van der Waals surface area contributed by atoms with Gasteiger partial charge >= 0.3 is 0 Å². The monoisotopic (exact) mass is 1030 g/mol. The maximum absolute atomic E-state index is 7.37. The van der Waals surface area contributed by atoms with Crippen molar-refractivity contribution in [2.75, 3.05) is 9.80 Å². The van der Waals surface area contributed by atoms with Crippen molar-refractivity contribution in [1.82, 2.24) is 0 Å². The fourth-order valence-corrected chi connectivity index (χ4v) is 13.2. The molecule has 0 radical (unpaired) electrons. The second-order valence-corrected chi connectivity index (χ2v) is 24.2. The molecular formula is C77H64N2O. The first-order chi connectivity index (χ1) is 38.8. The van der Waals surface area contributed by atoms with E-state index >= 15 is 0 Å². The zero-order valence-corrected chi connectivity index (χ0v) is 46.9. The van der Waals surface area contributed by atoms with Crippen molar-refractivity contribution >= 4 is 56.1 Å². The number of benzene rings is 11. The van der Waals surface area contributed by atoms with Gasteiger partial charge in [0, 0.05) is 39.2 Å². The third-order valence-corrected chi connectivity index (χ3v) is 17.3. The van der Waals surface area contributed by atoms with Crippen LogP contribution in [0.15, 0.2) is 247 Å². The van der Waals surface area contributed by atoms with Gasteiger partial charge in [0.05, 0.1) is 11.1 Å². The smallest absolute Gasteiger partial charge is 0.160 e. The van der Waals surface area contributed by atoms with Crippen molar-refractivity contribution in [3.05, 3.63) is 287 Å². The molecule has 1 heterocycles. The van der Waals surface area contributed by atoms with E-state index in [1.165, 1.54) is 89.0 Å². The third-order valence-electron chi connectivity index (χ3n) is 17.3. The number of rotatable bonds is 8. The third kappa shape index (κ3) is 7.70. The van der Waals surface area contributed by atoms with Crippen LogP contribution in [0.2, 0.25) is 0 Å². The Bertz CT molecular complexity index is 4330. The van der Waals surface area contributed by atoms with E-state index < -0.39 is 5.41 Å². The van der Waals surface area contributed by atoms with Gasteiger partial charge in [-0.2, -0.15) is 0 Å². The number of nitrogens with zero attached hydrogens (tertiary/aromatic N) is 2. The normalized spacial score (nSPS) is 13.1. The van der Waals surface area contributed by atoms with Crippen molar-refractivity contribution in [2.24, 2.45) is 0 Å². The van der Waals surface area contributed by atoms with Crippen LogP contribution in [0.4, 0.5) is 34.1 Å². The molecule has 0 unspecified atom stereocenters. The molecule has 3 nitrogen and oxygen atoms in total. The van der Waals surface area contributed by atoms with Crippen LogP contribution in [-0.2, 0) is 16.2 Å². The number of fused-ring (bicyclic) bond motifs is 14. The van der Waals surface area contributed by atoms with Gasteiger partial charge in [-0.25, -0.2) is 0 Å². The SMILES string of the molecule is Cc1ccc(N(c2ccc(C(C)(C)C)cc2)c2ccc3c(c2)C2(c4ccccc4-c4ccccc42)c2cc(N(c4ccc(C(C)(C)C)cc4)c4ccc(C)c(-c5ccccc5)c4)c4oc5ccccc5c4c2-3)cc1-c1ccccc1. The van der Waals surface area contributed by atoms with Crippen LogP contribution in [0.1, 0.15) is 86.1 Å². The van der Waals surface area contributed by atoms with Gasteiger partial charge in [-0.1, -0.05) is 211 Å². The van der Waals surface area contributed by atoms with Crippen LogP contribution in [0.3, 0.4) is 0 Å². The highest BCUT2D eigenvalue weighted by atomic mass is 16.3. The summed E-state index contributed by atoms with van der Waals surface area (Å²) in [5.74, 6) is 0. The molecule has 0 saturated heterocycles. The predicted molar refractivity (Wildman–Crippen MR) is 337 cm³/mol. The Morgan fingerprint density at radius 2 is 0.800 bits per heavy atom. The Balaban J connectivity index is 1.09. The summed E-state index contributed by atoms with van der Waals surface area (Å²) >= 11 is 0. The minimum atomic E-state index is -0.719. The fourth-order valence-electron chi connectivity index (χ4n) is 13.2. The number of furan rings is 1. The summed E-state index contributed by atoms with van der Waals surface area (Å²) in [7, 11) is 0. The second kappa shape index (κ2) is 18.5. The van der Waals surface area contributed by atoms with E-state index in [0.29, 0.717) is 0 Å². The lowest BCUT2D eigenvalue weighted by molar-refractivity contribution is 0.590. The van der Waals surface area contributed by atoms with E-state index in [4.69, 9.17) is 4.42 Å². The zero-order chi connectivity index (χ0) is 54.7. The van der Waals surface area contributed by atoms with Crippen molar-refractivity contribution in [3.63, 3.8) is 0 Å². The highest BCUT2D eigenvalue weighted by molar-refractivity contribution is 6.20. The summed E-state index contributed by atoms with van der Waals surface area (Å²) in [5.41, 5.74) is 27.2. The first-order valence-electron chi connectivity index (χ1n) is 28.2. The molecule has 0 bridgehead atoms. The number of hydrogen-bond acceptors (Lipinski definition) is 3. The Morgan fingerprint density at radius 3 is 1.35 bits per heavy atom. The van der Waals surface area contributed by atoms with Crippen LogP contribution in [0.5, 0.6) is 0 Å². The highest BCUT2D eigenvalue weighted by Gasteiger charge is 2.53. The highest BCUT2D eigenvalue weighted by Crippen LogP contribution is 2.66. The number of hydrogen-bond donors (Lipinski definition) is 0. The van der Waals surface area contributed by atoms with Gasteiger partial charge in [0.25, 0.3) is 0 Å². The second-order valence-electron chi connectivity index (χ2n) is 24.2. The standard InChI is InChI=1S/C77H64N2O/c1-49-31-37-57(45-64(49)51-21-11-9-12-22-51)78(55-39-33-53(34-40-55)75(3,4)5)59-43-44-62-68(47-59)77(66-28-18-15-25-60(66)61-26-16-19-29-67(61)77)69-48-70(74-73(72(62)69)63-27-17-20-30-71(63)80-74)79(56-41-35-54(36-42-56)76(6,7)8)58-38-32-50(2)65(46-58)52-23-13-10-14-24-52/h9-48H,1-8H3. The van der Waals surface area contributed by atoms with Gasteiger partial charge in [-0.05, 0) is 186 Å². The first kappa shape index (κ1) is 49.1. The van der Waals surface area contributed by atoms with E-state index in [0.717, 1.165) is 56.1 Å². The van der Waals surface area contributed by atoms with E-state index in [1.54, 1.807) is 0 Å². The van der Waals surface area contributed by atoms with Crippen LogP contribution >= 0.6 is 0 Å². The number of anilines is 6. The molecule has 12 aromatic rings. The summed E-state index contributed by atoms with van der Waals surface area (Å²) in [6.45, 7) is 18.2. The molecule has 388 valence electrons. The first-order valence-corrected chi connectivity index (χ1v) is 28.2. The Kier molecular flexibility index (Phi) is 11.3. The molecule has 0 fully saturated rings. The molecule has 2 aliphatic carbocycles. The minimum Gasteiger partial charge on any atom is -0.454 e. The summed E-state index contributed by atoms with van der Waals surface area (Å²) < 4.78 is 7.37. The lowest BCUT2D eigenvalue weighted by Gasteiger charge is -2.33. The summed E-state index contributed by atoms with van der Waals surface area (Å²) in [6.07, 6.45) is 0. The molecule has 0 atom stereocenters. The van der Waals surface area contributed by atoms with E-state index in [9.17, 15) is 0 Å². The maximum Gasteiger partial charge on any atom is 0.160 e. The van der Waals surface area contributed by atoms with Crippen LogP contribution in [-0.4, -0.2) is 0 Å². The number of aryl methyl sites for hydroxylation is 2. The summed E-state index contributed by atoms with van der Waals surface area (Å²) in [4.78, 5) is 4.93. The molecule has 3 heteroatoms. The van der Waals surface area contributed by atoms with Crippen molar-refractivity contribution < 1.29 is 4.42 Å². The van der Waals surface area contributed by atoms with Gasteiger partial charge in [0.2, 0.25) is 0 Å². The van der Waals surface area contributed by atoms with Gasteiger partial charge in [0.15, 0.2) is 5.58 Å². The van der Waals surface area contributed by atoms with E-state index in [1.807, 2.05) is 0 Å². The topological polar surface area (TPSA) is 19.6 Å². The van der Waals surface area contributed by atoms with Crippen LogP contribution < -0.4 is 9.80 Å². The molecule has 14 rings (SSSR count).